The van der Waals surface area contributed by atoms with Gasteiger partial charge in [-0.15, -0.1) is 11.3 Å². The second-order valence-electron chi connectivity index (χ2n) is 3.36. The number of primary amides is 1. The number of amides is 2. The molecule has 0 saturated carbocycles. The summed E-state index contributed by atoms with van der Waals surface area (Å²) in [6.45, 7) is 1.36. The summed E-state index contributed by atoms with van der Waals surface area (Å²) >= 11 is 1.12. The first-order chi connectivity index (χ1) is 7.56. The van der Waals surface area contributed by atoms with Crippen LogP contribution >= 0.6 is 11.3 Å². The van der Waals surface area contributed by atoms with E-state index < -0.39 is 5.91 Å². The molecule has 16 heavy (non-hydrogen) atoms. The molecule has 0 bridgehead atoms. The van der Waals surface area contributed by atoms with Crippen molar-refractivity contribution in [3.63, 3.8) is 0 Å². The number of nitrogens with one attached hydrogen (secondary N) is 1. The molecule has 0 radical (unpaired) electrons. The van der Waals surface area contributed by atoms with E-state index in [1.807, 2.05) is 7.05 Å². The first kappa shape index (κ1) is 12.7. The number of hydrogen-bond acceptors (Lipinski definition) is 4. The molecule has 1 heterocycles. The third-order valence-corrected chi connectivity index (χ3v) is 3.19. The first-order valence-electron chi connectivity index (χ1n) is 4.86. The van der Waals surface area contributed by atoms with Crippen molar-refractivity contribution in [2.75, 3.05) is 27.2 Å². The van der Waals surface area contributed by atoms with Crippen molar-refractivity contribution in [1.29, 1.82) is 0 Å². The maximum atomic E-state index is 11.8. The largest absolute Gasteiger partial charge is 0.365 e. The van der Waals surface area contributed by atoms with Gasteiger partial charge in [0.2, 0.25) is 0 Å². The second kappa shape index (κ2) is 5.62. The zero-order valence-corrected chi connectivity index (χ0v) is 10.1. The monoisotopic (exact) mass is 241 g/mol. The molecule has 88 valence electrons. The number of nitrogens with zero attached hydrogens (tertiary/aromatic N) is 1. The Morgan fingerprint density at radius 2 is 2.06 bits per heavy atom. The van der Waals surface area contributed by atoms with Crippen molar-refractivity contribution in [2.45, 2.75) is 0 Å². The van der Waals surface area contributed by atoms with Gasteiger partial charge in [0.05, 0.1) is 9.75 Å². The van der Waals surface area contributed by atoms with Crippen molar-refractivity contribution in [2.24, 2.45) is 5.73 Å². The highest BCUT2D eigenvalue weighted by Crippen LogP contribution is 2.17. The molecule has 0 aliphatic rings. The lowest BCUT2D eigenvalue weighted by atomic mass is 10.4. The van der Waals surface area contributed by atoms with E-state index in [-0.39, 0.29) is 5.91 Å². The van der Waals surface area contributed by atoms with Crippen LogP contribution in [-0.4, -0.2) is 43.9 Å². The molecule has 0 aromatic carbocycles. The van der Waals surface area contributed by atoms with Gasteiger partial charge in [0.25, 0.3) is 11.8 Å². The molecule has 1 rings (SSSR count). The molecule has 0 spiro atoms. The van der Waals surface area contributed by atoms with E-state index in [0.29, 0.717) is 16.3 Å². The molecule has 0 atom stereocenters. The van der Waals surface area contributed by atoms with Crippen molar-refractivity contribution in [1.82, 2.24) is 10.2 Å². The summed E-state index contributed by atoms with van der Waals surface area (Å²) in [5.74, 6) is -0.588. The minimum atomic E-state index is -0.498. The molecule has 0 aliphatic carbocycles. The number of hydrogen-bond donors (Lipinski definition) is 2. The van der Waals surface area contributed by atoms with Gasteiger partial charge in [-0.1, -0.05) is 0 Å². The lowest BCUT2D eigenvalue weighted by molar-refractivity contribution is 0.0801. The Balaban J connectivity index is 2.68. The Kier molecular flexibility index (Phi) is 4.45. The number of nitrogens with two attached hydrogens (primary N) is 1. The van der Waals surface area contributed by atoms with Crippen LogP contribution in [0.2, 0.25) is 0 Å². The fraction of sp³-hybridized carbons (Fsp3) is 0.400. The summed E-state index contributed by atoms with van der Waals surface area (Å²) in [4.78, 5) is 25.3. The van der Waals surface area contributed by atoms with Gasteiger partial charge in [0.15, 0.2) is 0 Å². The van der Waals surface area contributed by atoms with Crippen LogP contribution in [0.1, 0.15) is 19.3 Å². The Labute approximate surface area is 98.2 Å². The molecule has 1 aromatic heterocycles. The van der Waals surface area contributed by atoms with Crippen LogP contribution in [0, 0.1) is 0 Å². The quantitative estimate of drug-likeness (QED) is 0.770. The van der Waals surface area contributed by atoms with Gasteiger partial charge in [-0.25, -0.2) is 0 Å². The van der Waals surface area contributed by atoms with E-state index in [1.54, 1.807) is 24.1 Å². The van der Waals surface area contributed by atoms with E-state index in [2.05, 4.69) is 5.32 Å². The van der Waals surface area contributed by atoms with Gasteiger partial charge >= 0.3 is 0 Å². The summed E-state index contributed by atoms with van der Waals surface area (Å²) in [5.41, 5.74) is 5.12. The highest BCUT2D eigenvalue weighted by atomic mass is 32.1. The normalized spacial score (nSPS) is 10.1. The summed E-state index contributed by atoms with van der Waals surface area (Å²) in [5, 5.41) is 2.96. The molecular formula is C10H15N3O2S. The topological polar surface area (TPSA) is 75.4 Å². The van der Waals surface area contributed by atoms with Gasteiger partial charge in [-0.2, -0.15) is 0 Å². The fourth-order valence-electron chi connectivity index (χ4n) is 1.15. The van der Waals surface area contributed by atoms with Crippen molar-refractivity contribution >= 4 is 23.2 Å². The Hall–Kier alpha value is -1.40. The van der Waals surface area contributed by atoms with Gasteiger partial charge < -0.3 is 16.0 Å². The molecule has 0 aliphatic heterocycles. The van der Waals surface area contributed by atoms with E-state index in [4.69, 9.17) is 5.73 Å². The van der Waals surface area contributed by atoms with Gasteiger partial charge in [-0.05, 0) is 19.2 Å². The number of carbonyl (C=O) groups excluding carboxylic acids is 2. The van der Waals surface area contributed by atoms with Crippen LogP contribution in [-0.2, 0) is 0 Å². The minimum absolute atomic E-state index is 0.0900. The molecule has 1 aromatic rings. The summed E-state index contributed by atoms with van der Waals surface area (Å²) < 4.78 is 0. The standard InChI is InChI=1S/C10H15N3O2S/c1-12-5-6-13(2)10(15)8-4-3-7(16-8)9(11)14/h3-4,12H,5-6H2,1-2H3,(H2,11,14). The van der Waals surface area contributed by atoms with Crippen LogP contribution in [0.15, 0.2) is 12.1 Å². The minimum Gasteiger partial charge on any atom is -0.365 e. The molecule has 0 unspecified atom stereocenters. The molecule has 0 saturated heterocycles. The van der Waals surface area contributed by atoms with Crippen molar-refractivity contribution in [3.05, 3.63) is 21.9 Å². The third kappa shape index (κ3) is 3.04. The van der Waals surface area contributed by atoms with Crippen LogP contribution in [0.5, 0.6) is 0 Å². The average molecular weight is 241 g/mol. The van der Waals surface area contributed by atoms with Crippen molar-refractivity contribution < 1.29 is 9.59 Å². The Bertz CT molecular complexity index is 389. The smallest absolute Gasteiger partial charge is 0.263 e. The van der Waals surface area contributed by atoms with E-state index >= 15 is 0 Å². The van der Waals surface area contributed by atoms with Crippen LogP contribution in [0.3, 0.4) is 0 Å². The van der Waals surface area contributed by atoms with Crippen LogP contribution in [0.25, 0.3) is 0 Å². The predicted molar refractivity (Wildman–Crippen MR) is 63.7 cm³/mol. The number of thiophene rings is 1. The highest BCUT2D eigenvalue weighted by Gasteiger charge is 2.15. The highest BCUT2D eigenvalue weighted by molar-refractivity contribution is 7.15. The van der Waals surface area contributed by atoms with Gasteiger partial charge in [0, 0.05) is 20.1 Å². The lowest BCUT2D eigenvalue weighted by Crippen LogP contribution is -2.32. The predicted octanol–water partition coefficient (Wildman–Crippen LogP) is 0.138. The molecule has 3 N–H and O–H groups in total. The summed E-state index contributed by atoms with van der Waals surface area (Å²) in [6, 6.07) is 3.20. The Morgan fingerprint density at radius 1 is 1.44 bits per heavy atom. The number of carbonyl (C=O) groups is 2. The maximum absolute atomic E-state index is 11.8. The van der Waals surface area contributed by atoms with E-state index in [9.17, 15) is 9.59 Å². The van der Waals surface area contributed by atoms with Crippen molar-refractivity contribution in [3.8, 4) is 0 Å². The zero-order chi connectivity index (χ0) is 12.1. The van der Waals surface area contributed by atoms with Crippen LogP contribution in [0.4, 0.5) is 0 Å². The van der Waals surface area contributed by atoms with Gasteiger partial charge in [-0.3, -0.25) is 9.59 Å². The maximum Gasteiger partial charge on any atom is 0.263 e. The first-order valence-corrected chi connectivity index (χ1v) is 5.67. The van der Waals surface area contributed by atoms with E-state index in [1.165, 1.54) is 0 Å². The average Bonchev–Trinajstić information content (AvgIpc) is 2.74. The van der Waals surface area contributed by atoms with Crippen LogP contribution < -0.4 is 11.1 Å². The fourth-order valence-corrected chi connectivity index (χ4v) is 2.01. The Morgan fingerprint density at radius 3 is 2.56 bits per heavy atom. The summed E-state index contributed by atoms with van der Waals surface area (Å²) in [6.07, 6.45) is 0. The number of rotatable bonds is 5. The lowest BCUT2D eigenvalue weighted by Gasteiger charge is -2.15. The summed E-state index contributed by atoms with van der Waals surface area (Å²) in [7, 11) is 3.55. The molecule has 5 nitrogen and oxygen atoms in total. The molecule has 2 amide bonds. The molecular weight excluding hydrogens is 226 g/mol. The zero-order valence-electron chi connectivity index (χ0n) is 9.32. The second-order valence-corrected chi connectivity index (χ2v) is 4.44. The molecule has 0 fully saturated rings. The SMILES string of the molecule is CNCCN(C)C(=O)c1ccc(C(N)=O)s1. The van der Waals surface area contributed by atoms with Gasteiger partial charge in [0.1, 0.15) is 0 Å². The molecule has 6 heteroatoms. The van der Waals surface area contributed by atoms with E-state index in [0.717, 1.165) is 17.9 Å². The third-order valence-electron chi connectivity index (χ3n) is 2.10. The number of likely N-dealkylation sites (N-methyl/N-ethyl adjacent to an activating group) is 2.